The third-order valence-electron chi connectivity index (χ3n) is 3.41. The summed E-state index contributed by atoms with van der Waals surface area (Å²) in [6.45, 7) is 6.59. The lowest BCUT2D eigenvalue weighted by molar-refractivity contribution is 0.307. The third-order valence-corrected chi connectivity index (χ3v) is 3.41. The maximum Gasteiger partial charge on any atom is 0.142 e. The van der Waals surface area contributed by atoms with Crippen molar-refractivity contribution in [2.24, 2.45) is 0 Å². The average Bonchev–Trinajstić information content (AvgIpc) is 2.48. The third kappa shape index (κ3) is 4.36. The molecule has 0 aliphatic carbocycles. The lowest BCUT2D eigenvalue weighted by Gasteiger charge is -2.08. The van der Waals surface area contributed by atoms with Crippen molar-refractivity contribution in [1.29, 1.82) is 0 Å². The predicted molar refractivity (Wildman–Crippen MR) is 88.7 cm³/mol. The van der Waals surface area contributed by atoms with Crippen molar-refractivity contribution < 1.29 is 9.13 Å². The van der Waals surface area contributed by atoms with Gasteiger partial charge in [0.05, 0.1) is 12.2 Å². The minimum absolute atomic E-state index is 0.328. The second kappa shape index (κ2) is 7.66. The molecule has 2 rings (SSSR count). The molecule has 22 heavy (non-hydrogen) atoms. The summed E-state index contributed by atoms with van der Waals surface area (Å²) >= 11 is 0. The number of ether oxygens (including phenoxy) is 1. The number of unbranched alkanes of at least 4 members (excludes halogenated alkanes) is 1. The molecule has 0 aliphatic rings. The number of aryl methyl sites for hydroxylation is 2. The zero-order chi connectivity index (χ0) is 15.9. The Balaban J connectivity index is 2.20. The van der Waals surface area contributed by atoms with Crippen LogP contribution < -0.4 is 4.74 Å². The molecule has 0 saturated carbocycles. The van der Waals surface area contributed by atoms with E-state index < -0.39 is 0 Å². The van der Waals surface area contributed by atoms with Crippen LogP contribution in [0.3, 0.4) is 0 Å². The van der Waals surface area contributed by atoms with Crippen LogP contribution in [0, 0.1) is 31.5 Å². The Morgan fingerprint density at radius 2 is 1.77 bits per heavy atom. The van der Waals surface area contributed by atoms with E-state index in [4.69, 9.17) is 4.74 Å². The number of benzene rings is 2. The summed E-state index contributed by atoms with van der Waals surface area (Å²) in [5.41, 5.74) is 3.30. The summed E-state index contributed by atoms with van der Waals surface area (Å²) in [5.74, 6) is 6.19. The van der Waals surface area contributed by atoms with E-state index in [1.165, 1.54) is 11.6 Å². The van der Waals surface area contributed by atoms with Crippen LogP contribution in [0.5, 0.6) is 5.75 Å². The van der Waals surface area contributed by atoms with E-state index in [9.17, 15) is 4.39 Å². The van der Waals surface area contributed by atoms with Gasteiger partial charge < -0.3 is 4.74 Å². The van der Waals surface area contributed by atoms with Crippen LogP contribution in [-0.2, 0) is 0 Å². The molecule has 0 aliphatic heterocycles. The lowest BCUT2D eigenvalue weighted by atomic mass is 10.1. The summed E-state index contributed by atoms with van der Waals surface area (Å²) in [6, 6.07) is 11.1. The van der Waals surface area contributed by atoms with Crippen LogP contribution in [0.1, 0.15) is 42.0 Å². The standard InChI is InChI=1S/C20H21FO/c1-4-5-12-22-18-13-16(3)19(20(21)14-18)11-10-17-8-6-15(2)7-9-17/h6-9,13-14H,4-5,12H2,1-3H3. The highest BCUT2D eigenvalue weighted by Crippen LogP contribution is 2.21. The molecule has 2 heteroatoms. The Labute approximate surface area is 132 Å². The quantitative estimate of drug-likeness (QED) is 0.568. The van der Waals surface area contributed by atoms with E-state index in [0.717, 1.165) is 24.0 Å². The molecule has 0 amide bonds. The smallest absolute Gasteiger partial charge is 0.142 e. The lowest BCUT2D eigenvalue weighted by Crippen LogP contribution is -1.99. The van der Waals surface area contributed by atoms with Crippen molar-refractivity contribution in [3.8, 4) is 17.6 Å². The van der Waals surface area contributed by atoms with E-state index >= 15 is 0 Å². The minimum Gasteiger partial charge on any atom is -0.493 e. The van der Waals surface area contributed by atoms with Crippen LogP contribution >= 0.6 is 0 Å². The molecule has 0 heterocycles. The topological polar surface area (TPSA) is 9.23 Å². The van der Waals surface area contributed by atoms with E-state index in [-0.39, 0.29) is 5.82 Å². The molecular weight excluding hydrogens is 275 g/mol. The zero-order valence-corrected chi connectivity index (χ0v) is 13.4. The Morgan fingerprint density at radius 1 is 1.05 bits per heavy atom. The summed E-state index contributed by atoms with van der Waals surface area (Å²) in [6.07, 6.45) is 2.03. The normalized spacial score (nSPS) is 10.0. The Morgan fingerprint density at radius 3 is 2.41 bits per heavy atom. The fourth-order valence-corrected chi connectivity index (χ4v) is 2.06. The van der Waals surface area contributed by atoms with Gasteiger partial charge in [-0.15, -0.1) is 0 Å². The second-order valence-electron chi connectivity index (χ2n) is 5.42. The first-order valence-corrected chi connectivity index (χ1v) is 7.61. The highest BCUT2D eigenvalue weighted by atomic mass is 19.1. The van der Waals surface area contributed by atoms with Crippen LogP contribution in [-0.4, -0.2) is 6.61 Å². The molecule has 0 fully saturated rings. The van der Waals surface area contributed by atoms with Gasteiger partial charge in [-0.05, 0) is 44.0 Å². The molecule has 0 saturated heterocycles. The van der Waals surface area contributed by atoms with Gasteiger partial charge in [-0.3, -0.25) is 0 Å². The molecule has 0 bridgehead atoms. The van der Waals surface area contributed by atoms with Gasteiger partial charge in [0, 0.05) is 11.6 Å². The van der Waals surface area contributed by atoms with Crippen molar-refractivity contribution in [3.63, 3.8) is 0 Å². The van der Waals surface area contributed by atoms with Gasteiger partial charge in [-0.25, -0.2) is 4.39 Å². The Bertz CT molecular complexity index is 667. The first-order valence-electron chi connectivity index (χ1n) is 7.61. The molecular formula is C20H21FO. The molecule has 0 atom stereocenters. The molecule has 1 nitrogen and oxygen atoms in total. The molecule has 114 valence electrons. The molecule has 0 radical (unpaired) electrons. The molecule has 0 unspecified atom stereocenters. The van der Waals surface area contributed by atoms with Gasteiger partial charge in [0.25, 0.3) is 0 Å². The molecule has 2 aromatic rings. The summed E-state index contributed by atoms with van der Waals surface area (Å²) < 4.78 is 19.8. The predicted octanol–water partition coefficient (Wildman–Crippen LogP) is 5.02. The van der Waals surface area contributed by atoms with Crippen molar-refractivity contribution in [3.05, 3.63) is 64.5 Å². The van der Waals surface area contributed by atoms with E-state index in [1.54, 1.807) is 0 Å². The van der Waals surface area contributed by atoms with Gasteiger partial charge in [-0.1, -0.05) is 42.9 Å². The maximum atomic E-state index is 14.2. The van der Waals surface area contributed by atoms with E-state index in [0.29, 0.717) is 17.9 Å². The van der Waals surface area contributed by atoms with Gasteiger partial charge in [0.15, 0.2) is 0 Å². The first-order chi connectivity index (χ1) is 10.6. The monoisotopic (exact) mass is 296 g/mol. The fraction of sp³-hybridized carbons (Fsp3) is 0.300. The van der Waals surface area contributed by atoms with Crippen molar-refractivity contribution >= 4 is 0 Å². The molecule has 0 aromatic heterocycles. The number of hydrogen-bond acceptors (Lipinski definition) is 1. The average molecular weight is 296 g/mol. The van der Waals surface area contributed by atoms with Crippen LogP contribution in [0.2, 0.25) is 0 Å². The van der Waals surface area contributed by atoms with Crippen molar-refractivity contribution in [2.45, 2.75) is 33.6 Å². The number of halogens is 1. The number of rotatable bonds is 4. The van der Waals surface area contributed by atoms with Crippen LogP contribution in [0.15, 0.2) is 36.4 Å². The molecule has 2 aromatic carbocycles. The summed E-state index contributed by atoms with van der Waals surface area (Å²) in [5, 5.41) is 0. The van der Waals surface area contributed by atoms with Gasteiger partial charge in [0.2, 0.25) is 0 Å². The summed E-state index contributed by atoms with van der Waals surface area (Å²) in [4.78, 5) is 0. The largest absolute Gasteiger partial charge is 0.493 e. The zero-order valence-electron chi connectivity index (χ0n) is 13.4. The van der Waals surface area contributed by atoms with Crippen molar-refractivity contribution in [1.82, 2.24) is 0 Å². The van der Waals surface area contributed by atoms with Gasteiger partial charge in [0.1, 0.15) is 11.6 Å². The maximum absolute atomic E-state index is 14.2. The SMILES string of the molecule is CCCCOc1cc(C)c(C#Cc2ccc(C)cc2)c(F)c1. The Kier molecular flexibility index (Phi) is 5.61. The fourth-order valence-electron chi connectivity index (χ4n) is 2.06. The number of hydrogen-bond donors (Lipinski definition) is 0. The Hall–Kier alpha value is -2.27. The minimum atomic E-state index is -0.328. The first kappa shape index (κ1) is 16.1. The van der Waals surface area contributed by atoms with Gasteiger partial charge in [-0.2, -0.15) is 0 Å². The van der Waals surface area contributed by atoms with Gasteiger partial charge >= 0.3 is 0 Å². The highest BCUT2D eigenvalue weighted by molar-refractivity contribution is 5.49. The van der Waals surface area contributed by atoms with Crippen LogP contribution in [0.4, 0.5) is 4.39 Å². The summed E-state index contributed by atoms with van der Waals surface area (Å²) in [7, 11) is 0. The molecule has 0 spiro atoms. The van der Waals surface area contributed by atoms with E-state index in [1.807, 2.05) is 44.2 Å². The van der Waals surface area contributed by atoms with Crippen molar-refractivity contribution in [2.75, 3.05) is 6.61 Å². The second-order valence-corrected chi connectivity index (χ2v) is 5.42. The van der Waals surface area contributed by atoms with E-state index in [2.05, 4.69) is 18.8 Å². The molecule has 0 N–H and O–H groups in total. The van der Waals surface area contributed by atoms with Crippen LogP contribution in [0.25, 0.3) is 0 Å². The highest BCUT2D eigenvalue weighted by Gasteiger charge is 2.07.